The van der Waals surface area contributed by atoms with E-state index in [2.05, 4.69) is 5.32 Å². The van der Waals surface area contributed by atoms with Crippen LogP contribution in [0.3, 0.4) is 0 Å². The van der Waals surface area contributed by atoms with Crippen LogP contribution in [0.1, 0.15) is 20.8 Å². The third-order valence-electron chi connectivity index (χ3n) is 1.42. The van der Waals surface area contributed by atoms with Crippen LogP contribution in [0, 0.1) is 0 Å². The summed E-state index contributed by atoms with van der Waals surface area (Å²) in [7, 11) is 0. The lowest BCUT2D eigenvalue weighted by atomic mass is 10.1. The Balaban J connectivity index is 3.56. The van der Waals surface area contributed by atoms with Crippen molar-refractivity contribution in [3.63, 3.8) is 0 Å². The summed E-state index contributed by atoms with van der Waals surface area (Å²) < 4.78 is 17.1. The van der Waals surface area contributed by atoms with Crippen LogP contribution in [-0.4, -0.2) is 31.6 Å². The van der Waals surface area contributed by atoms with E-state index in [1.807, 2.05) is 13.8 Å². The number of rotatable bonds is 6. The Morgan fingerprint density at radius 1 is 1.58 bits per heavy atom. The first-order chi connectivity index (χ1) is 5.48. The molecule has 0 radical (unpaired) electrons. The smallest absolute Gasteiger partial charge is 0.195 e. The lowest BCUT2D eigenvalue weighted by Crippen LogP contribution is -2.46. The van der Waals surface area contributed by atoms with Crippen LogP contribution in [0.25, 0.3) is 0 Å². The molecule has 0 aromatic carbocycles. The Morgan fingerprint density at radius 2 is 2.17 bits per heavy atom. The molecule has 0 aliphatic rings. The number of halogens is 1. The summed E-state index contributed by atoms with van der Waals surface area (Å²) in [6.45, 7) is 6.92. The zero-order valence-electron chi connectivity index (χ0n) is 8.06. The Kier molecular flexibility index (Phi) is 5.37. The molecule has 1 atom stereocenters. The SMILES string of the molecule is CC(F)OCC(C)(C)NCCN. The zero-order chi connectivity index (χ0) is 9.61. The van der Waals surface area contributed by atoms with Gasteiger partial charge in [-0.25, -0.2) is 4.39 Å². The maximum atomic E-state index is 12.3. The van der Waals surface area contributed by atoms with Gasteiger partial charge in [-0.1, -0.05) is 0 Å². The Labute approximate surface area is 73.5 Å². The minimum absolute atomic E-state index is 0.209. The molecule has 3 N–H and O–H groups in total. The molecule has 1 unspecified atom stereocenters. The molecule has 0 fully saturated rings. The highest BCUT2D eigenvalue weighted by Gasteiger charge is 2.17. The highest BCUT2D eigenvalue weighted by atomic mass is 19.1. The minimum atomic E-state index is -1.20. The fourth-order valence-electron chi connectivity index (χ4n) is 0.785. The van der Waals surface area contributed by atoms with Crippen LogP contribution in [0.5, 0.6) is 0 Å². The molecule has 0 spiro atoms. The van der Waals surface area contributed by atoms with Gasteiger partial charge in [0.1, 0.15) is 0 Å². The second kappa shape index (κ2) is 5.45. The third-order valence-corrected chi connectivity index (χ3v) is 1.42. The predicted molar refractivity (Wildman–Crippen MR) is 47.7 cm³/mol. The van der Waals surface area contributed by atoms with E-state index in [0.717, 1.165) is 6.54 Å². The van der Waals surface area contributed by atoms with Crippen LogP contribution in [0.4, 0.5) is 4.39 Å². The molecule has 0 bridgehead atoms. The number of ether oxygens (including phenoxy) is 1. The number of nitrogens with one attached hydrogen (secondary N) is 1. The predicted octanol–water partition coefficient (Wildman–Crippen LogP) is 0.645. The van der Waals surface area contributed by atoms with Gasteiger partial charge in [-0.3, -0.25) is 0 Å². The lowest BCUT2D eigenvalue weighted by molar-refractivity contribution is -0.0465. The van der Waals surface area contributed by atoms with Crippen molar-refractivity contribution in [2.75, 3.05) is 19.7 Å². The Hall–Kier alpha value is -0.190. The molecule has 12 heavy (non-hydrogen) atoms. The fourth-order valence-corrected chi connectivity index (χ4v) is 0.785. The van der Waals surface area contributed by atoms with E-state index in [1.54, 1.807) is 0 Å². The minimum Gasteiger partial charge on any atom is -0.346 e. The van der Waals surface area contributed by atoms with E-state index >= 15 is 0 Å². The van der Waals surface area contributed by atoms with Crippen LogP contribution in [0.2, 0.25) is 0 Å². The van der Waals surface area contributed by atoms with Gasteiger partial charge in [0.2, 0.25) is 0 Å². The van der Waals surface area contributed by atoms with Gasteiger partial charge in [0.15, 0.2) is 6.36 Å². The quantitative estimate of drug-likeness (QED) is 0.627. The van der Waals surface area contributed by atoms with Gasteiger partial charge in [0, 0.05) is 18.6 Å². The first-order valence-electron chi connectivity index (χ1n) is 4.19. The molecule has 0 saturated heterocycles. The topological polar surface area (TPSA) is 47.3 Å². The number of hydrogen-bond donors (Lipinski definition) is 2. The van der Waals surface area contributed by atoms with Gasteiger partial charge in [0.25, 0.3) is 0 Å². The largest absolute Gasteiger partial charge is 0.346 e. The first kappa shape index (κ1) is 11.8. The third kappa shape index (κ3) is 6.52. The lowest BCUT2D eigenvalue weighted by Gasteiger charge is -2.26. The summed E-state index contributed by atoms with van der Waals surface area (Å²) in [5.41, 5.74) is 5.11. The summed E-state index contributed by atoms with van der Waals surface area (Å²) in [5.74, 6) is 0. The van der Waals surface area contributed by atoms with E-state index in [9.17, 15) is 4.39 Å². The van der Waals surface area contributed by atoms with E-state index in [0.29, 0.717) is 13.2 Å². The number of alkyl halides is 1. The zero-order valence-corrected chi connectivity index (χ0v) is 8.06. The van der Waals surface area contributed by atoms with Gasteiger partial charge in [0.05, 0.1) is 6.61 Å². The average molecular weight is 178 g/mol. The van der Waals surface area contributed by atoms with Crippen molar-refractivity contribution in [1.29, 1.82) is 0 Å². The van der Waals surface area contributed by atoms with E-state index < -0.39 is 6.36 Å². The highest BCUT2D eigenvalue weighted by molar-refractivity contribution is 4.76. The van der Waals surface area contributed by atoms with Crippen LogP contribution < -0.4 is 11.1 Å². The molecule has 0 saturated carbocycles. The average Bonchev–Trinajstić information content (AvgIpc) is 1.98. The normalized spacial score (nSPS) is 14.8. The summed E-state index contributed by atoms with van der Waals surface area (Å²) in [5, 5.41) is 3.15. The molecule has 0 aliphatic carbocycles. The van der Waals surface area contributed by atoms with Crippen molar-refractivity contribution in [3.05, 3.63) is 0 Å². The summed E-state index contributed by atoms with van der Waals surface area (Å²) in [6, 6.07) is 0. The molecule has 0 amide bonds. The van der Waals surface area contributed by atoms with Gasteiger partial charge in [-0.2, -0.15) is 0 Å². The molecule has 0 heterocycles. The van der Waals surface area contributed by atoms with E-state index in [-0.39, 0.29) is 5.54 Å². The highest BCUT2D eigenvalue weighted by Crippen LogP contribution is 2.04. The Morgan fingerprint density at radius 3 is 2.58 bits per heavy atom. The number of nitrogens with two attached hydrogens (primary N) is 1. The molecule has 0 aromatic heterocycles. The van der Waals surface area contributed by atoms with Gasteiger partial charge >= 0.3 is 0 Å². The second-order valence-corrected chi connectivity index (χ2v) is 3.45. The van der Waals surface area contributed by atoms with Crippen molar-refractivity contribution in [2.24, 2.45) is 5.73 Å². The monoisotopic (exact) mass is 178 g/mol. The van der Waals surface area contributed by atoms with Crippen LogP contribution in [-0.2, 0) is 4.74 Å². The second-order valence-electron chi connectivity index (χ2n) is 3.45. The van der Waals surface area contributed by atoms with E-state index in [4.69, 9.17) is 10.5 Å². The molecule has 4 heteroatoms. The van der Waals surface area contributed by atoms with Gasteiger partial charge in [-0.15, -0.1) is 0 Å². The molecular formula is C8H19FN2O. The number of hydrogen-bond acceptors (Lipinski definition) is 3. The fraction of sp³-hybridized carbons (Fsp3) is 1.00. The summed E-state index contributed by atoms with van der Waals surface area (Å²) >= 11 is 0. The van der Waals surface area contributed by atoms with E-state index in [1.165, 1.54) is 6.92 Å². The first-order valence-corrected chi connectivity index (χ1v) is 4.19. The maximum Gasteiger partial charge on any atom is 0.195 e. The standard InChI is InChI=1S/C8H19FN2O/c1-7(9)12-6-8(2,3)11-5-4-10/h7,11H,4-6,10H2,1-3H3. The van der Waals surface area contributed by atoms with Crippen molar-refractivity contribution >= 4 is 0 Å². The van der Waals surface area contributed by atoms with Crippen molar-refractivity contribution in [2.45, 2.75) is 32.7 Å². The molecule has 0 aromatic rings. The molecule has 0 rings (SSSR count). The molecular weight excluding hydrogens is 159 g/mol. The summed E-state index contributed by atoms with van der Waals surface area (Å²) in [4.78, 5) is 0. The summed E-state index contributed by atoms with van der Waals surface area (Å²) in [6.07, 6.45) is -1.20. The maximum absolute atomic E-state index is 12.3. The van der Waals surface area contributed by atoms with Crippen LogP contribution in [0.15, 0.2) is 0 Å². The Bertz CT molecular complexity index is 118. The molecule has 0 aliphatic heterocycles. The molecule has 3 nitrogen and oxygen atoms in total. The van der Waals surface area contributed by atoms with Gasteiger partial charge < -0.3 is 15.8 Å². The molecule has 74 valence electrons. The van der Waals surface area contributed by atoms with Gasteiger partial charge in [-0.05, 0) is 20.8 Å². The van der Waals surface area contributed by atoms with Crippen molar-refractivity contribution < 1.29 is 9.13 Å². The van der Waals surface area contributed by atoms with Crippen LogP contribution >= 0.6 is 0 Å². The van der Waals surface area contributed by atoms with Crippen molar-refractivity contribution in [3.8, 4) is 0 Å². The van der Waals surface area contributed by atoms with Crippen molar-refractivity contribution in [1.82, 2.24) is 5.32 Å².